The van der Waals surface area contributed by atoms with Crippen LogP contribution in [0.1, 0.15) is 86.8 Å². The van der Waals surface area contributed by atoms with Crippen LogP contribution < -0.4 is 10.6 Å². The Morgan fingerprint density at radius 1 is 0.735 bits per heavy atom. The second-order valence-corrected chi connectivity index (χ2v) is 15.2. The zero-order valence-corrected chi connectivity index (χ0v) is 31.1. The van der Waals surface area contributed by atoms with E-state index in [2.05, 4.69) is 10.6 Å². The van der Waals surface area contributed by atoms with Crippen molar-refractivity contribution in [2.24, 2.45) is 11.8 Å². The molecule has 0 radical (unpaired) electrons. The highest BCUT2D eigenvalue weighted by atomic mass is 16.6. The molecule has 49 heavy (non-hydrogen) atoms. The van der Waals surface area contributed by atoms with E-state index in [0.717, 1.165) is 0 Å². The molecule has 4 amide bonds. The number of ether oxygens (including phenoxy) is 2. The van der Waals surface area contributed by atoms with Crippen molar-refractivity contribution in [3.8, 4) is 0 Å². The van der Waals surface area contributed by atoms with Crippen LogP contribution in [0, 0.1) is 11.8 Å². The van der Waals surface area contributed by atoms with Gasteiger partial charge in [0.1, 0.15) is 35.4 Å². The summed E-state index contributed by atoms with van der Waals surface area (Å²) in [5.41, 5.74) is -0.240. The van der Waals surface area contributed by atoms with E-state index in [4.69, 9.17) is 18.3 Å². The molecule has 2 heterocycles. The lowest BCUT2D eigenvalue weighted by atomic mass is 9.98. The molecule has 0 aliphatic carbocycles. The number of likely N-dealkylation sites (N-methyl/N-ethyl adjacent to an activating group) is 2. The summed E-state index contributed by atoms with van der Waals surface area (Å²) in [7, 11) is 2.98. The van der Waals surface area contributed by atoms with Gasteiger partial charge in [-0.1, -0.05) is 27.7 Å². The molecule has 0 spiro atoms. The molecule has 0 saturated heterocycles. The van der Waals surface area contributed by atoms with Gasteiger partial charge in [0.15, 0.2) is 0 Å². The summed E-state index contributed by atoms with van der Waals surface area (Å²) in [5, 5.41) is 5.53. The first kappa shape index (κ1) is 40.9. The van der Waals surface area contributed by atoms with E-state index in [9.17, 15) is 24.0 Å². The van der Waals surface area contributed by atoms with Crippen LogP contribution in [0.3, 0.4) is 0 Å². The van der Waals surface area contributed by atoms with Crippen LogP contribution in [0.2, 0.25) is 0 Å². The van der Waals surface area contributed by atoms with Crippen LogP contribution in [0.25, 0.3) is 0 Å². The van der Waals surface area contributed by atoms with E-state index < -0.39 is 65.2 Å². The molecule has 0 unspecified atom stereocenters. The second-order valence-electron chi connectivity index (χ2n) is 15.2. The highest BCUT2D eigenvalue weighted by Crippen LogP contribution is 2.19. The number of rotatable bonds is 15. The summed E-state index contributed by atoms with van der Waals surface area (Å²) in [5.74, 6) is -2.56. The predicted molar refractivity (Wildman–Crippen MR) is 183 cm³/mol. The molecule has 2 aromatic rings. The molecule has 0 aliphatic rings. The number of hydrogen-bond acceptors (Lipinski definition) is 9. The molecular formula is C36H56N4O9. The highest BCUT2D eigenvalue weighted by molar-refractivity contribution is 5.95. The maximum Gasteiger partial charge on any atom is 0.408 e. The SMILES string of the molecule is CC(C)C[C@H](NC(=O)[C@H](Cc1ccoc1)N(C)C(=O)[C@@H](NC(=O)OC(C)(C)C)C(C)C)C(=O)N(C)[C@@H](Cc1ccoc1)C(=O)OC(C)(C)C. The van der Waals surface area contributed by atoms with Crippen LogP contribution >= 0.6 is 0 Å². The molecule has 274 valence electrons. The first-order chi connectivity index (χ1) is 22.6. The average molecular weight is 689 g/mol. The minimum absolute atomic E-state index is 0.0217. The minimum atomic E-state index is -1.09. The van der Waals surface area contributed by atoms with E-state index >= 15 is 0 Å². The Morgan fingerprint density at radius 2 is 1.22 bits per heavy atom. The van der Waals surface area contributed by atoms with Crippen molar-refractivity contribution in [1.29, 1.82) is 0 Å². The monoisotopic (exact) mass is 688 g/mol. The van der Waals surface area contributed by atoms with Crippen LogP contribution in [-0.4, -0.2) is 89.0 Å². The molecule has 0 bridgehead atoms. The summed E-state index contributed by atoms with van der Waals surface area (Å²) in [6.45, 7) is 17.8. The summed E-state index contributed by atoms with van der Waals surface area (Å²) in [6.07, 6.45) is 5.62. The van der Waals surface area contributed by atoms with E-state index in [1.807, 2.05) is 13.8 Å². The van der Waals surface area contributed by atoms with Gasteiger partial charge in [-0.15, -0.1) is 0 Å². The Morgan fingerprint density at radius 3 is 1.65 bits per heavy atom. The van der Waals surface area contributed by atoms with Gasteiger partial charge in [-0.3, -0.25) is 14.4 Å². The number of hydrogen-bond donors (Lipinski definition) is 2. The van der Waals surface area contributed by atoms with E-state index in [1.165, 1.54) is 48.9 Å². The van der Waals surface area contributed by atoms with Crippen molar-refractivity contribution in [3.63, 3.8) is 0 Å². The van der Waals surface area contributed by atoms with E-state index in [0.29, 0.717) is 11.1 Å². The summed E-state index contributed by atoms with van der Waals surface area (Å²) in [4.78, 5) is 70.8. The third-order valence-electron chi connectivity index (χ3n) is 7.56. The highest BCUT2D eigenvalue weighted by Gasteiger charge is 2.39. The molecule has 0 aliphatic heterocycles. The standard InChI is InChI=1S/C36H56N4O9/c1-22(2)17-26(31(42)40(12)28(19-25-14-16-47-21-25)33(44)48-35(5,6)7)37-30(41)27(18-24-13-15-46-20-24)39(11)32(43)29(23(3)4)38-34(45)49-36(8,9)10/h13-16,20-23,26-29H,17-19H2,1-12H3,(H,37,41)(H,38,45)/t26-,27-,28-,29-/m0/s1. The number of nitrogens with zero attached hydrogens (tertiary/aromatic N) is 2. The quantitative estimate of drug-likeness (QED) is 0.252. The van der Waals surface area contributed by atoms with Crippen molar-refractivity contribution >= 4 is 29.8 Å². The van der Waals surface area contributed by atoms with Crippen LogP contribution in [0.5, 0.6) is 0 Å². The molecule has 2 rings (SSSR count). The Labute approximate surface area is 290 Å². The van der Waals surface area contributed by atoms with E-state index in [-0.39, 0.29) is 31.1 Å². The van der Waals surface area contributed by atoms with Crippen molar-refractivity contribution in [3.05, 3.63) is 48.3 Å². The first-order valence-electron chi connectivity index (χ1n) is 16.7. The second kappa shape index (κ2) is 17.4. The van der Waals surface area contributed by atoms with Gasteiger partial charge in [0.05, 0.1) is 25.1 Å². The van der Waals surface area contributed by atoms with Crippen molar-refractivity contribution in [1.82, 2.24) is 20.4 Å². The summed E-state index contributed by atoms with van der Waals surface area (Å²) in [6, 6.07) is -0.749. The predicted octanol–water partition coefficient (Wildman–Crippen LogP) is 4.73. The van der Waals surface area contributed by atoms with Gasteiger partial charge in [0.25, 0.3) is 0 Å². The van der Waals surface area contributed by atoms with Gasteiger partial charge in [-0.05, 0) is 83.1 Å². The zero-order chi connectivity index (χ0) is 37.3. The van der Waals surface area contributed by atoms with Crippen LogP contribution in [0.4, 0.5) is 4.79 Å². The molecule has 0 aromatic carbocycles. The Hall–Kier alpha value is -4.29. The van der Waals surface area contributed by atoms with Crippen molar-refractivity contribution in [2.75, 3.05) is 14.1 Å². The largest absolute Gasteiger partial charge is 0.472 e. The number of alkyl carbamates (subject to hydrolysis) is 1. The fraction of sp³-hybridized carbons (Fsp3) is 0.639. The maximum absolute atomic E-state index is 14.2. The smallest absolute Gasteiger partial charge is 0.408 e. The van der Waals surface area contributed by atoms with Gasteiger partial charge in [-0.2, -0.15) is 0 Å². The van der Waals surface area contributed by atoms with Gasteiger partial charge < -0.3 is 38.7 Å². The third-order valence-corrected chi connectivity index (χ3v) is 7.56. The number of carbonyl (C=O) groups is 5. The maximum atomic E-state index is 14.2. The average Bonchev–Trinajstić information content (AvgIpc) is 3.68. The number of nitrogens with one attached hydrogen (secondary N) is 2. The molecule has 13 heteroatoms. The molecule has 0 saturated carbocycles. The lowest BCUT2D eigenvalue weighted by Gasteiger charge is -2.35. The summed E-state index contributed by atoms with van der Waals surface area (Å²) < 4.78 is 21.5. The van der Waals surface area contributed by atoms with Crippen molar-refractivity contribution < 1.29 is 42.3 Å². The van der Waals surface area contributed by atoms with Crippen LogP contribution in [-0.2, 0) is 41.5 Å². The van der Waals surface area contributed by atoms with Gasteiger partial charge in [0, 0.05) is 26.9 Å². The molecular weight excluding hydrogens is 632 g/mol. The fourth-order valence-electron chi connectivity index (χ4n) is 5.10. The summed E-state index contributed by atoms with van der Waals surface area (Å²) >= 11 is 0. The molecule has 0 fully saturated rings. The van der Waals surface area contributed by atoms with Gasteiger partial charge >= 0.3 is 12.1 Å². The van der Waals surface area contributed by atoms with Gasteiger partial charge in [0.2, 0.25) is 17.7 Å². The molecule has 2 aromatic heterocycles. The number of amides is 4. The van der Waals surface area contributed by atoms with Crippen molar-refractivity contribution in [2.45, 2.75) is 124 Å². The van der Waals surface area contributed by atoms with Crippen LogP contribution in [0.15, 0.2) is 46.0 Å². The Kier molecular flexibility index (Phi) is 14.5. The normalized spacial score (nSPS) is 14.4. The van der Waals surface area contributed by atoms with Gasteiger partial charge in [-0.25, -0.2) is 9.59 Å². The molecule has 13 nitrogen and oxygen atoms in total. The fourth-order valence-corrected chi connectivity index (χ4v) is 5.10. The number of esters is 1. The third kappa shape index (κ3) is 13.3. The number of furan rings is 2. The van der Waals surface area contributed by atoms with E-state index in [1.54, 1.807) is 67.5 Å². The number of carbonyl (C=O) groups excluding carboxylic acids is 5. The molecule has 4 atom stereocenters. The Balaban J connectivity index is 2.42. The zero-order valence-electron chi connectivity index (χ0n) is 31.1. The molecule has 2 N–H and O–H groups in total. The lowest BCUT2D eigenvalue weighted by molar-refractivity contribution is -0.164. The Bertz CT molecular complexity index is 1370. The first-order valence-corrected chi connectivity index (χ1v) is 16.7. The lowest BCUT2D eigenvalue weighted by Crippen LogP contribution is -2.60. The topological polar surface area (TPSA) is 161 Å². The minimum Gasteiger partial charge on any atom is -0.472 e.